The predicted octanol–water partition coefficient (Wildman–Crippen LogP) is -0.199. The first-order valence-electron chi connectivity index (χ1n) is 3.91. The molecule has 0 aromatic carbocycles. The highest BCUT2D eigenvalue weighted by molar-refractivity contribution is 7.88. The summed E-state index contributed by atoms with van der Waals surface area (Å²) in [6, 6.07) is 0. The van der Waals surface area contributed by atoms with Crippen LogP contribution in [0.5, 0.6) is 0 Å². The highest BCUT2D eigenvalue weighted by Gasteiger charge is 2.14. The molecule has 0 atom stereocenters. The Hall–Kier alpha value is -1.32. The number of hydrogen-bond donors (Lipinski definition) is 2. The first-order valence-corrected chi connectivity index (χ1v) is 5.76. The maximum absolute atomic E-state index is 11.5. The van der Waals surface area contributed by atoms with E-state index in [0.29, 0.717) is 11.2 Å². The number of aromatic amines is 1. The zero-order chi connectivity index (χ0) is 11.1. The summed E-state index contributed by atoms with van der Waals surface area (Å²) in [5.74, 6) is 0. The van der Waals surface area contributed by atoms with Gasteiger partial charge in [-0.3, -0.25) is 0 Å². The van der Waals surface area contributed by atoms with E-state index in [0.717, 1.165) is 3.97 Å². The second kappa shape index (κ2) is 3.36. The van der Waals surface area contributed by atoms with Crippen molar-refractivity contribution in [1.29, 1.82) is 0 Å². The maximum atomic E-state index is 11.5. The number of H-pyrrole nitrogens is 1. The van der Waals surface area contributed by atoms with E-state index in [-0.39, 0.29) is 4.64 Å². The lowest BCUT2D eigenvalue weighted by Crippen LogP contribution is -2.25. The summed E-state index contributed by atoms with van der Waals surface area (Å²) < 4.78 is 26.5. The summed E-state index contributed by atoms with van der Waals surface area (Å²) in [6.45, 7) is 0. The molecule has 0 saturated heterocycles. The van der Waals surface area contributed by atoms with Crippen LogP contribution in [0.1, 0.15) is 0 Å². The molecule has 2 N–H and O–H groups in total. The highest BCUT2D eigenvalue weighted by Crippen LogP contribution is 2.10. The Morgan fingerprint density at radius 2 is 2.27 bits per heavy atom. The van der Waals surface area contributed by atoms with Crippen molar-refractivity contribution >= 4 is 33.6 Å². The fourth-order valence-electron chi connectivity index (χ4n) is 1.12. The Balaban J connectivity index is 2.87. The average molecular weight is 245 g/mol. The smallest absolute Gasteiger partial charge is 0.307 e. The lowest BCUT2D eigenvalue weighted by atomic mass is 10.6. The Morgan fingerprint density at radius 1 is 1.53 bits per heavy atom. The third kappa shape index (κ3) is 1.54. The first-order chi connectivity index (χ1) is 7.06. The molecule has 0 amide bonds. The number of aromatic nitrogens is 4. The van der Waals surface area contributed by atoms with Crippen molar-refractivity contribution in [3.8, 4) is 0 Å². The Morgan fingerprint density at radius 3 is 2.93 bits per heavy atom. The lowest BCUT2D eigenvalue weighted by Gasteiger charge is -2.02. The van der Waals surface area contributed by atoms with Gasteiger partial charge in [0.2, 0.25) is 0 Å². The molecule has 0 spiro atoms. The van der Waals surface area contributed by atoms with Crippen molar-refractivity contribution in [3.63, 3.8) is 0 Å². The quantitative estimate of drug-likeness (QED) is 0.715. The van der Waals surface area contributed by atoms with E-state index in [4.69, 9.17) is 12.2 Å². The molecule has 0 aliphatic heterocycles. The molecular formula is C6H7N5O2S2. The van der Waals surface area contributed by atoms with Crippen LogP contribution in [0.2, 0.25) is 0 Å². The summed E-state index contributed by atoms with van der Waals surface area (Å²) in [7, 11) is -2.28. The zero-order valence-corrected chi connectivity index (χ0v) is 9.26. The topological polar surface area (TPSA) is 92.7 Å². The molecule has 15 heavy (non-hydrogen) atoms. The van der Waals surface area contributed by atoms with Gasteiger partial charge in [0.25, 0.3) is 0 Å². The van der Waals surface area contributed by atoms with Gasteiger partial charge in [0.1, 0.15) is 11.8 Å². The van der Waals surface area contributed by atoms with E-state index >= 15 is 0 Å². The number of rotatable bonds is 2. The van der Waals surface area contributed by atoms with Crippen LogP contribution in [-0.4, -0.2) is 34.4 Å². The molecule has 80 valence electrons. The third-order valence-corrected chi connectivity index (χ3v) is 3.45. The van der Waals surface area contributed by atoms with E-state index in [2.05, 4.69) is 19.7 Å². The lowest BCUT2D eigenvalue weighted by molar-refractivity contribution is 0.580. The largest absolute Gasteiger partial charge is 0.330 e. The van der Waals surface area contributed by atoms with Gasteiger partial charge in [0.15, 0.2) is 10.3 Å². The molecule has 0 radical (unpaired) electrons. The molecule has 2 aromatic heterocycles. The third-order valence-electron chi connectivity index (χ3n) is 1.84. The number of hydrogen-bond acceptors (Lipinski definition) is 5. The van der Waals surface area contributed by atoms with Crippen molar-refractivity contribution in [2.75, 3.05) is 7.05 Å². The van der Waals surface area contributed by atoms with E-state index < -0.39 is 10.2 Å². The van der Waals surface area contributed by atoms with Crippen molar-refractivity contribution in [3.05, 3.63) is 17.3 Å². The maximum Gasteiger partial charge on any atom is 0.307 e. The van der Waals surface area contributed by atoms with Gasteiger partial charge in [-0.25, -0.2) is 14.7 Å². The van der Waals surface area contributed by atoms with Crippen LogP contribution >= 0.6 is 12.2 Å². The summed E-state index contributed by atoms with van der Waals surface area (Å²) in [5.41, 5.74) is 0.649. The molecule has 9 heteroatoms. The minimum atomic E-state index is -3.60. The van der Waals surface area contributed by atoms with Crippen molar-refractivity contribution < 1.29 is 8.42 Å². The van der Waals surface area contributed by atoms with Crippen LogP contribution in [0.4, 0.5) is 0 Å². The second-order valence-electron chi connectivity index (χ2n) is 2.65. The Bertz CT molecular complexity index is 655. The van der Waals surface area contributed by atoms with E-state index in [1.165, 1.54) is 19.7 Å². The van der Waals surface area contributed by atoms with Gasteiger partial charge < -0.3 is 4.98 Å². The summed E-state index contributed by atoms with van der Waals surface area (Å²) in [5, 5.41) is 0. The first kappa shape index (κ1) is 10.2. The molecule has 0 bridgehead atoms. The van der Waals surface area contributed by atoms with Crippen molar-refractivity contribution in [2.45, 2.75) is 0 Å². The highest BCUT2D eigenvalue weighted by atomic mass is 32.2. The minimum absolute atomic E-state index is 0.258. The molecular weight excluding hydrogens is 238 g/mol. The number of nitrogens with zero attached hydrogens (tertiary/aromatic N) is 3. The average Bonchev–Trinajstić information content (AvgIpc) is 2.63. The van der Waals surface area contributed by atoms with Crippen molar-refractivity contribution in [1.82, 2.24) is 23.6 Å². The van der Waals surface area contributed by atoms with E-state index in [1.807, 2.05) is 0 Å². The van der Waals surface area contributed by atoms with E-state index in [1.54, 1.807) is 0 Å². The zero-order valence-electron chi connectivity index (χ0n) is 7.63. The van der Waals surface area contributed by atoms with Crippen LogP contribution < -0.4 is 4.72 Å². The van der Waals surface area contributed by atoms with Crippen LogP contribution in [0, 0.1) is 4.64 Å². The Labute approximate surface area is 90.4 Å². The second-order valence-corrected chi connectivity index (χ2v) is 4.79. The van der Waals surface area contributed by atoms with Gasteiger partial charge in [-0.2, -0.15) is 12.4 Å². The van der Waals surface area contributed by atoms with Crippen LogP contribution in [0.3, 0.4) is 0 Å². The van der Waals surface area contributed by atoms with Gasteiger partial charge in [-0.1, -0.05) is 12.2 Å². The van der Waals surface area contributed by atoms with Gasteiger partial charge in [0.05, 0.1) is 6.33 Å². The van der Waals surface area contributed by atoms with Crippen LogP contribution in [0.15, 0.2) is 12.7 Å². The van der Waals surface area contributed by atoms with E-state index in [9.17, 15) is 8.42 Å². The van der Waals surface area contributed by atoms with Gasteiger partial charge in [-0.05, 0) is 0 Å². The molecule has 0 saturated carbocycles. The van der Waals surface area contributed by atoms with Crippen LogP contribution in [0.25, 0.3) is 11.2 Å². The van der Waals surface area contributed by atoms with Crippen LogP contribution in [-0.2, 0) is 10.2 Å². The number of imidazole rings is 1. The molecule has 0 unspecified atom stereocenters. The summed E-state index contributed by atoms with van der Waals surface area (Å²) in [6.07, 6.45) is 2.50. The molecule has 0 fully saturated rings. The summed E-state index contributed by atoms with van der Waals surface area (Å²) >= 11 is 4.90. The molecule has 0 aliphatic rings. The molecule has 7 nitrogen and oxygen atoms in total. The fraction of sp³-hybridized carbons (Fsp3) is 0.167. The summed E-state index contributed by atoms with van der Waals surface area (Å²) in [4.78, 5) is 10.4. The number of nitrogens with one attached hydrogen (secondary N) is 2. The molecule has 0 aliphatic carbocycles. The molecule has 2 rings (SSSR count). The minimum Gasteiger partial charge on any atom is -0.330 e. The standard InChI is InChI=1S/C6H7N5O2S2/c1-7-15(12,13)11-3-10-4-5(11)8-2-9-6(4)14/h2-3,7H,1H3,(H,8,9,14). The van der Waals surface area contributed by atoms with Gasteiger partial charge in [-0.15, -0.1) is 0 Å². The fourth-order valence-corrected chi connectivity index (χ4v) is 2.07. The molecule has 2 heterocycles. The monoisotopic (exact) mass is 245 g/mol. The SMILES string of the molecule is CNS(=O)(=O)n1cnc2c(=S)nc[nH]c21. The van der Waals surface area contributed by atoms with Crippen molar-refractivity contribution in [2.24, 2.45) is 0 Å². The van der Waals surface area contributed by atoms with Gasteiger partial charge in [0, 0.05) is 7.05 Å². The Kier molecular flexibility index (Phi) is 2.29. The normalized spacial score (nSPS) is 12.1. The predicted molar refractivity (Wildman–Crippen MR) is 56.1 cm³/mol. The molecule has 2 aromatic rings. The van der Waals surface area contributed by atoms with Gasteiger partial charge >= 0.3 is 10.2 Å². The number of fused-ring (bicyclic) bond motifs is 1.